The molecule has 1 amide bonds. The Labute approximate surface area is 186 Å². The first-order valence-corrected chi connectivity index (χ1v) is 10.7. The van der Waals surface area contributed by atoms with Crippen LogP contribution in [0.25, 0.3) is 11.3 Å². The number of pyridine rings is 1. The fourth-order valence-corrected chi connectivity index (χ4v) is 3.97. The zero-order chi connectivity index (χ0) is 21.9. The summed E-state index contributed by atoms with van der Waals surface area (Å²) in [6, 6.07) is 17.5. The number of hydrogen-bond donors (Lipinski definition) is 2. The number of hydrogen-bond acceptors (Lipinski definition) is 5. The maximum Gasteiger partial charge on any atom is 0.255 e. The second-order valence-corrected chi connectivity index (χ2v) is 7.95. The van der Waals surface area contributed by atoms with Crippen molar-refractivity contribution in [3.05, 3.63) is 95.4 Å². The van der Waals surface area contributed by atoms with E-state index < -0.39 is 0 Å². The van der Waals surface area contributed by atoms with Gasteiger partial charge in [0.1, 0.15) is 0 Å². The smallest absolute Gasteiger partial charge is 0.255 e. The van der Waals surface area contributed by atoms with Gasteiger partial charge in [0.25, 0.3) is 5.91 Å². The number of fused-ring (bicyclic) bond motifs is 1. The third kappa shape index (κ3) is 4.21. The van der Waals surface area contributed by atoms with Crippen molar-refractivity contribution in [2.45, 2.75) is 26.2 Å². The largest absolute Gasteiger partial charge is 0.324 e. The van der Waals surface area contributed by atoms with E-state index in [0.717, 1.165) is 41.8 Å². The van der Waals surface area contributed by atoms with Gasteiger partial charge in [0.2, 0.25) is 5.95 Å². The normalized spacial score (nSPS) is 12.3. The third-order valence-corrected chi connectivity index (χ3v) is 5.72. The summed E-state index contributed by atoms with van der Waals surface area (Å²) < 4.78 is 0. The molecule has 0 aliphatic heterocycles. The highest BCUT2D eigenvalue weighted by Crippen LogP contribution is 2.26. The quantitative estimate of drug-likeness (QED) is 0.455. The molecule has 2 aromatic heterocycles. The van der Waals surface area contributed by atoms with Crippen LogP contribution in [0.3, 0.4) is 0 Å². The molecule has 4 aromatic rings. The van der Waals surface area contributed by atoms with Gasteiger partial charge in [0, 0.05) is 41.1 Å². The molecule has 0 radical (unpaired) electrons. The number of aryl methyl sites for hydroxylation is 3. The van der Waals surface area contributed by atoms with E-state index in [1.165, 1.54) is 11.1 Å². The molecule has 0 bridgehead atoms. The van der Waals surface area contributed by atoms with E-state index in [-0.39, 0.29) is 5.91 Å². The summed E-state index contributed by atoms with van der Waals surface area (Å²) in [6.45, 7) is 2.00. The average Bonchev–Trinajstić information content (AvgIpc) is 3.30. The number of benzene rings is 2. The second kappa shape index (κ2) is 8.59. The van der Waals surface area contributed by atoms with E-state index in [0.29, 0.717) is 17.2 Å². The van der Waals surface area contributed by atoms with Crippen molar-refractivity contribution in [2.24, 2.45) is 0 Å². The predicted molar refractivity (Wildman–Crippen MR) is 126 cm³/mol. The first-order valence-electron chi connectivity index (χ1n) is 10.7. The highest BCUT2D eigenvalue weighted by atomic mass is 16.1. The van der Waals surface area contributed by atoms with Crippen LogP contribution < -0.4 is 10.6 Å². The van der Waals surface area contributed by atoms with E-state index in [1.807, 2.05) is 55.5 Å². The lowest BCUT2D eigenvalue weighted by Crippen LogP contribution is -2.12. The molecular formula is C26H23N5O. The minimum Gasteiger partial charge on any atom is -0.324 e. The first-order chi connectivity index (χ1) is 15.7. The molecule has 6 nitrogen and oxygen atoms in total. The lowest BCUT2D eigenvalue weighted by molar-refractivity contribution is 0.102. The summed E-state index contributed by atoms with van der Waals surface area (Å²) in [5, 5.41) is 6.29. The molecule has 32 heavy (non-hydrogen) atoms. The summed E-state index contributed by atoms with van der Waals surface area (Å²) in [6.07, 6.45) is 8.54. The van der Waals surface area contributed by atoms with Crippen LogP contribution in [0.1, 0.15) is 33.5 Å². The molecule has 1 aliphatic rings. The van der Waals surface area contributed by atoms with Gasteiger partial charge in [-0.05, 0) is 85.3 Å². The van der Waals surface area contributed by atoms with Gasteiger partial charge in [-0.15, -0.1) is 0 Å². The Bertz CT molecular complexity index is 1290. The molecule has 0 spiro atoms. The van der Waals surface area contributed by atoms with Crippen molar-refractivity contribution >= 4 is 23.2 Å². The van der Waals surface area contributed by atoms with Crippen molar-refractivity contribution in [3.8, 4) is 11.3 Å². The van der Waals surface area contributed by atoms with E-state index in [4.69, 9.17) is 0 Å². The maximum atomic E-state index is 12.8. The summed E-state index contributed by atoms with van der Waals surface area (Å²) in [4.78, 5) is 25.9. The molecule has 0 unspecified atom stereocenters. The summed E-state index contributed by atoms with van der Waals surface area (Å²) in [5.41, 5.74) is 7.61. The molecular weight excluding hydrogens is 398 g/mol. The van der Waals surface area contributed by atoms with Gasteiger partial charge < -0.3 is 10.6 Å². The number of rotatable bonds is 5. The van der Waals surface area contributed by atoms with Gasteiger partial charge >= 0.3 is 0 Å². The molecule has 5 rings (SSSR count). The molecule has 2 heterocycles. The molecule has 158 valence electrons. The Morgan fingerprint density at radius 3 is 2.75 bits per heavy atom. The van der Waals surface area contributed by atoms with Crippen LogP contribution in [0.15, 0.2) is 73.2 Å². The summed E-state index contributed by atoms with van der Waals surface area (Å²) in [7, 11) is 0. The SMILES string of the molecule is Cc1ccc(NC(=O)c2ccc3c(c2)CCC3)cc1Nc1nccc(-c2cccnc2)n1. The van der Waals surface area contributed by atoms with Crippen molar-refractivity contribution < 1.29 is 4.79 Å². The Kier molecular flexibility index (Phi) is 5.34. The molecule has 0 saturated heterocycles. The van der Waals surface area contributed by atoms with Crippen LogP contribution in [0.2, 0.25) is 0 Å². The van der Waals surface area contributed by atoms with E-state index >= 15 is 0 Å². The average molecular weight is 422 g/mol. The number of amides is 1. The lowest BCUT2D eigenvalue weighted by atomic mass is 10.1. The summed E-state index contributed by atoms with van der Waals surface area (Å²) in [5.74, 6) is 0.376. The minimum atomic E-state index is -0.107. The Hall–Kier alpha value is -4.06. The van der Waals surface area contributed by atoms with Gasteiger partial charge in [-0.2, -0.15) is 0 Å². The molecule has 0 fully saturated rings. The first kappa shape index (κ1) is 19.9. The number of nitrogens with one attached hydrogen (secondary N) is 2. The zero-order valence-corrected chi connectivity index (χ0v) is 17.8. The number of carbonyl (C=O) groups excluding carboxylic acids is 1. The summed E-state index contributed by atoms with van der Waals surface area (Å²) >= 11 is 0. The molecule has 1 aliphatic carbocycles. The van der Waals surface area contributed by atoms with Gasteiger partial charge in [0.05, 0.1) is 5.69 Å². The van der Waals surface area contributed by atoms with Crippen LogP contribution in [0.5, 0.6) is 0 Å². The number of aromatic nitrogens is 3. The number of anilines is 3. The van der Waals surface area contributed by atoms with E-state index in [9.17, 15) is 4.79 Å². The van der Waals surface area contributed by atoms with Gasteiger partial charge in [-0.25, -0.2) is 9.97 Å². The standard InChI is InChI=1S/C26H23N5O/c1-17-7-10-22(29-25(32)20-9-8-18-4-2-5-19(18)14-20)15-24(17)31-26-28-13-11-23(30-26)21-6-3-12-27-16-21/h3,6-16H,2,4-5H2,1H3,(H,29,32)(H,28,30,31). The van der Waals surface area contributed by atoms with Crippen molar-refractivity contribution in [3.63, 3.8) is 0 Å². The van der Waals surface area contributed by atoms with E-state index in [1.54, 1.807) is 18.6 Å². The number of carbonyl (C=O) groups is 1. The third-order valence-electron chi connectivity index (χ3n) is 5.72. The number of nitrogens with zero attached hydrogens (tertiary/aromatic N) is 3. The maximum absolute atomic E-state index is 12.8. The second-order valence-electron chi connectivity index (χ2n) is 7.95. The monoisotopic (exact) mass is 421 g/mol. The van der Waals surface area contributed by atoms with Crippen LogP contribution in [-0.4, -0.2) is 20.9 Å². The Morgan fingerprint density at radius 1 is 0.969 bits per heavy atom. The minimum absolute atomic E-state index is 0.107. The van der Waals surface area contributed by atoms with Gasteiger partial charge in [-0.3, -0.25) is 9.78 Å². The molecule has 6 heteroatoms. The highest BCUT2D eigenvalue weighted by Gasteiger charge is 2.14. The molecule has 0 atom stereocenters. The predicted octanol–water partition coefficient (Wildman–Crippen LogP) is 5.33. The topological polar surface area (TPSA) is 79.8 Å². The van der Waals surface area contributed by atoms with Crippen LogP contribution >= 0.6 is 0 Å². The van der Waals surface area contributed by atoms with Crippen molar-refractivity contribution in [1.29, 1.82) is 0 Å². The van der Waals surface area contributed by atoms with E-state index in [2.05, 4.69) is 31.7 Å². The van der Waals surface area contributed by atoms with Gasteiger partial charge in [-0.1, -0.05) is 12.1 Å². The van der Waals surface area contributed by atoms with Crippen LogP contribution in [0, 0.1) is 6.92 Å². The van der Waals surface area contributed by atoms with Crippen molar-refractivity contribution in [1.82, 2.24) is 15.0 Å². The zero-order valence-electron chi connectivity index (χ0n) is 17.8. The molecule has 2 N–H and O–H groups in total. The molecule has 2 aromatic carbocycles. The highest BCUT2D eigenvalue weighted by molar-refractivity contribution is 6.04. The fraction of sp³-hybridized carbons (Fsp3) is 0.154. The lowest BCUT2D eigenvalue weighted by Gasteiger charge is -2.12. The van der Waals surface area contributed by atoms with Crippen molar-refractivity contribution in [2.75, 3.05) is 10.6 Å². The van der Waals surface area contributed by atoms with Crippen LogP contribution in [-0.2, 0) is 12.8 Å². The fourth-order valence-electron chi connectivity index (χ4n) is 3.97. The van der Waals surface area contributed by atoms with Crippen LogP contribution in [0.4, 0.5) is 17.3 Å². The molecule has 0 saturated carbocycles. The van der Waals surface area contributed by atoms with Gasteiger partial charge in [0.15, 0.2) is 0 Å². The Balaban J connectivity index is 1.35. The Morgan fingerprint density at radius 2 is 1.88 bits per heavy atom.